The molecule has 27 heavy (non-hydrogen) atoms. The van der Waals surface area contributed by atoms with E-state index in [0.717, 1.165) is 0 Å². The standard InChI is InChI=1S/C18H19N3O5S/c1-11-4-5-14(15-8-12(2)20-26-15)10-16(11)27(23,24)7-6-18(22)19-17-9-13(3)25-21-17/h4-5,8-10H,6-7H2,1-3H3,(H,19,21,22). The third-order valence-electron chi connectivity index (χ3n) is 3.93. The molecule has 9 heteroatoms. The lowest BCUT2D eigenvalue weighted by molar-refractivity contribution is -0.115. The predicted octanol–water partition coefficient (Wildman–Crippen LogP) is 3.06. The Balaban J connectivity index is 1.75. The summed E-state index contributed by atoms with van der Waals surface area (Å²) < 4.78 is 35.5. The lowest BCUT2D eigenvalue weighted by atomic mass is 10.1. The van der Waals surface area contributed by atoms with Crippen molar-refractivity contribution in [1.29, 1.82) is 0 Å². The number of sulfone groups is 1. The Hall–Kier alpha value is -2.94. The molecule has 2 heterocycles. The summed E-state index contributed by atoms with van der Waals surface area (Å²) in [7, 11) is -3.66. The molecular weight excluding hydrogens is 370 g/mol. The van der Waals surface area contributed by atoms with Crippen LogP contribution in [0.25, 0.3) is 11.3 Å². The summed E-state index contributed by atoms with van der Waals surface area (Å²) in [5, 5.41) is 9.97. The fourth-order valence-corrected chi connectivity index (χ4v) is 4.09. The average Bonchev–Trinajstić information content (AvgIpc) is 3.22. The van der Waals surface area contributed by atoms with E-state index in [0.29, 0.717) is 28.3 Å². The van der Waals surface area contributed by atoms with Crippen molar-refractivity contribution in [2.45, 2.75) is 32.1 Å². The summed E-state index contributed by atoms with van der Waals surface area (Å²) in [4.78, 5) is 12.2. The monoisotopic (exact) mass is 389 g/mol. The van der Waals surface area contributed by atoms with E-state index in [1.54, 1.807) is 51.1 Å². The fourth-order valence-electron chi connectivity index (χ4n) is 2.56. The summed E-state index contributed by atoms with van der Waals surface area (Å²) >= 11 is 0. The van der Waals surface area contributed by atoms with Gasteiger partial charge in [0.25, 0.3) is 0 Å². The van der Waals surface area contributed by atoms with Gasteiger partial charge in [0, 0.05) is 24.1 Å². The second-order valence-corrected chi connectivity index (χ2v) is 8.33. The summed E-state index contributed by atoms with van der Waals surface area (Å²) in [6, 6.07) is 8.31. The number of hydrogen-bond acceptors (Lipinski definition) is 7. The Labute approximate surface area is 156 Å². The number of aromatic nitrogens is 2. The molecule has 3 rings (SSSR count). The normalized spacial score (nSPS) is 11.5. The van der Waals surface area contributed by atoms with Crippen LogP contribution in [0.4, 0.5) is 5.82 Å². The largest absolute Gasteiger partial charge is 0.360 e. The maximum absolute atomic E-state index is 12.7. The maximum atomic E-state index is 12.7. The van der Waals surface area contributed by atoms with Crippen molar-refractivity contribution >= 4 is 21.6 Å². The molecule has 0 saturated carbocycles. The molecule has 0 spiro atoms. The molecule has 0 aliphatic carbocycles. The minimum absolute atomic E-state index is 0.166. The SMILES string of the molecule is Cc1cc(-c2ccc(C)c(S(=O)(=O)CCC(=O)Nc3cc(C)on3)c2)on1. The fraction of sp³-hybridized carbons (Fsp3) is 0.278. The molecule has 142 valence electrons. The van der Waals surface area contributed by atoms with Crippen LogP contribution >= 0.6 is 0 Å². The van der Waals surface area contributed by atoms with Crippen molar-refractivity contribution in [2.24, 2.45) is 0 Å². The first-order chi connectivity index (χ1) is 12.7. The Morgan fingerprint density at radius 3 is 2.48 bits per heavy atom. The summed E-state index contributed by atoms with van der Waals surface area (Å²) in [6.07, 6.45) is -0.195. The number of carbonyl (C=O) groups is 1. The van der Waals surface area contributed by atoms with Crippen molar-refractivity contribution < 1.29 is 22.3 Å². The molecule has 0 aliphatic rings. The summed E-state index contributed by atoms with van der Waals surface area (Å²) in [5.74, 6) is 0.520. The quantitative estimate of drug-likeness (QED) is 0.689. The van der Waals surface area contributed by atoms with Gasteiger partial charge in [-0.3, -0.25) is 4.79 Å². The smallest absolute Gasteiger partial charge is 0.226 e. The van der Waals surface area contributed by atoms with E-state index >= 15 is 0 Å². The molecule has 0 radical (unpaired) electrons. The van der Waals surface area contributed by atoms with Crippen LogP contribution in [0.2, 0.25) is 0 Å². The highest BCUT2D eigenvalue weighted by Gasteiger charge is 2.21. The molecule has 3 aromatic rings. The first-order valence-electron chi connectivity index (χ1n) is 8.25. The number of amides is 1. The van der Waals surface area contributed by atoms with E-state index in [1.165, 1.54) is 0 Å². The van der Waals surface area contributed by atoms with Gasteiger partial charge in [0.15, 0.2) is 21.4 Å². The molecule has 0 unspecified atom stereocenters. The van der Waals surface area contributed by atoms with Gasteiger partial charge in [0.05, 0.1) is 16.3 Å². The number of aryl methyl sites for hydroxylation is 3. The van der Waals surface area contributed by atoms with Gasteiger partial charge in [-0.25, -0.2) is 8.42 Å². The zero-order valence-electron chi connectivity index (χ0n) is 15.1. The van der Waals surface area contributed by atoms with Crippen LogP contribution in [0.1, 0.15) is 23.4 Å². The summed E-state index contributed by atoms with van der Waals surface area (Å²) in [6.45, 7) is 5.19. The van der Waals surface area contributed by atoms with Crippen LogP contribution in [0.5, 0.6) is 0 Å². The molecule has 0 bridgehead atoms. The minimum Gasteiger partial charge on any atom is -0.360 e. The molecule has 8 nitrogen and oxygen atoms in total. The first kappa shape index (κ1) is 18.8. The van der Waals surface area contributed by atoms with E-state index in [-0.39, 0.29) is 22.9 Å². The maximum Gasteiger partial charge on any atom is 0.226 e. The molecule has 0 fully saturated rings. The number of hydrogen-bond donors (Lipinski definition) is 1. The van der Waals surface area contributed by atoms with Gasteiger partial charge in [-0.1, -0.05) is 22.4 Å². The van der Waals surface area contributed by atoms with E-state index in [1.807, 2.05) is 0 Å². The van der Waals surface area contributed by atoms with Gasteiger partial charge in [-0.15, -0.1) is 0 Å². The van der Waals surface area contributed by atoms with Gasteiger partial charge in [-0.2, -0.15) is 0 Å². The lowest BCUT2D eigenvalue weighted by Crippen LogP contribution is -2.18. The van der Waals surface area contributed by atoms with E-state index in [4.69, 9.17) is 9.05 Å². The second kappa shape index (κ2) is 7.36. The Kier molecular flexibility index (Phi) is 5.13. The molecule has 1 amide bonds. The minimum atomic E-state index is -3.66. The Morgan fingerprint density at radius 1 is 1.07 bits per heavy atom. The zero-order chi connectivity index (χ0) is 19.6. The predicted molar refractivity (Wildman–Crippen MR) is 98.0 cm³/mol. The van der Waals surface area contributed by atoms with Gasteiger partial charge >= 0.3 is 0 Å². The number of nitrogens with one attached hydrogen (secondary N) is 1. The second-order valence-electron chi connectivity index (χ2n) is 6.25. The molecule has 1 N–H and O–H groups in total. The number of carbonyl (C=O) groups excluding carboxylic acids is 1. The van der Waals surface area contributed by atoms with Crippen molar-refractivity contribution in [3.05, 3.63) is 47.3 Å². The van der Waals surface area contributed by atoms with Crippen LogP contribution in [0.3, 0.4) is 0 Å². The van der Waals surface area contributed by atoms with Crippen molar-refractivity contribution in [3.8, 4) is 11.3 Å². The molecule has 2 aromatic heterocycles. The van der Waals surface area contributed by atoms with Crippen LogP contribution in [-0.2, 0) is 14.6 Å². The van der Waals surface area contributed by atoms with Crippen molar-refractivity contribution in [2.75, 3.05) is 11.1 Å². The number of anilines is 1. The van der Waals surface area contributed by atoms with Gasteiger partial charge < -0.3 is 14.4 Å². The Morgan fingerprint density at radius 2 is 1.85 bits per heavy atom. The third kappa shape index (κ3) is 4.43. The Bertz CT molecular complexity index is 1080. The highest BCUT2D eigenvalue weighted by Crippen LogP contribution is 2.26. The van der Waals surface area contributed by atoms with Gasteiger partial charge in [0.1, 0.15) is 5.76 Å². The number of rotatable bonds is 6. The first-order valence-corrected chi connectivity index (χ1v) is 9.90. The average molecular weight is 389 g/mol. The van der Waals surface area contributed by atoms with Crippen molar-refractivity contribution in [3.63, 3.8) is 0 Å². The molecular formula is C18H19N3O5S. The van der Waals surface area contributed by atoms with E-state index in [9.17, 15) is 13.2 Å². The summed E-state index contributed by atoms with van der Waals surface area (Å²) in [5.41, 5.74) is 1.92. The molecule has 0 saturated heterocycles. The zero-order valence-corrected chi connectivity index (χ0v) is 16.0. The van der Waals surface area contributed by atoms with Crippen LogP contribution in [0.15, 0.2) is 44.3 Å². The number of benzene rings is 1. The topological polar surface area (TPSA) is 115 Å². The van der Waals surface area contributed by atoms with E-state index < -0.39 is 15.7 Å². The lowest BCUT2D eigenvalue weighted by Gasteiger charge is -2.09. The van der Waals surface area contributed by atoms with Crippen LogP contribution in [-0.4, -0.2) is 30.4 Å². The third-order valence-corrected chi connectivity index (χ3v) is 5.78. The highest BCUT2D eigenvalue weighted by atomic mass is 32.2. The molecule has 0 aliphatic heterocycles. The highest BCUT2D eigenvalue weighted by molar-refractivity contribution is 7.91. The van der Waals surface area contributed by atoms with Gasteiger partial charge in [0.2, 0.25) is 5.91 Å². The van der Waals surface area contributed by atoms with E-state index in [2.05, 4.69) is 15.6 Å². The van der Waals surface area contributed by atoms with Gasteiger partial charge in [-0.05, 0) is 32.4 Å². The molecule has 1 aromatic carbocycles. The van der Waals surface area contributed by atoms with Crippen molar-refractivity contribution in [1.82, 2.24) is 10.3 Å². The van der Waals surface area contributed by atoms with Crippen LogP contribution < -0.4 is 5.32 Å². The van der Waals surface area contributed by atoms with Crippen LogP contribution in [0, 0.1) is 20.8 Å². The molecule has 0 atom stereocenters. The number of nitrogens with zero attached hydrogens (tertiary/aromatic N) is 2.